The number of fused-ring (bicyclic) bond motifs is 1. The number of halogens is 3. The molecule has 0 aliphatic rings. The summed E-state index contributed by atoms with van der Waals surface area (Å²) in [6.07, 6.45) is -3.09. The minimum atomic E-state index is -4.52. The van der Waals surface area contributed by atoms with Crippen molar-refractivity contribution in [3.8, 4) is 0 Å². The van der Waals surface area contributed by atoms with E-state index < -0.39 is 17.8 Å². The second-order valence-electron chi connectivity index (χ2n) is 4.85. The number of rotatable bonds is 4. The first-order valence-corrected chi connectivity index (χ1v) is 7.77. The van der Waals surface area contributed by atoms with E-state index in [9.17, 15) is 18.0 Å². The number of hydrogen-bond donors (Lipinski definition) is 2. The van der Waals surface area contributed by atoms with Gasteiger partial charge in [-0.2, -0.15) is 13.2 Å². The smallest absolute Gasteiger partial charge is 0.333 e. The maximum Gasteiger partial charge on any atom is 0.420 e. The third kappa shape index (κ3) is 3.48. The molecule has 0 fully saturated rings. The van der Waals surface area contributed by atoms with Gasteiger partial charge in [0.2, 0.25) is 0 Å². The predicted molar refractivity (Wildman–Crippen MR) is 81.4 cm³/mol. The van der Waals surface area contributed by atoms with Gasteiger partial charge >= 0.3 is 12.2 Å². The van der Waals surface area contributed by atoms with E-state index in [0.717, 1.165) is 10.9 Å². The summed E-state index contributed by atoms with van der Waals surface area (Å²) in [7, 11) is 0. The van der Waals surface area contributed by atoms with Gasteiger partial charge in [0.1, 0.15) is 5.56 Å². The average Bonchev–Trinajstić information content (AvgIpc) is 3.19. The van der Waals surface area contributed by atoms with E-state index in [4.69, 9.17) is 0 Å². The number of alkyl halides is 3. The standard InChI is InChI=1S/C14H12F3N5OS/c15-14(16,17)10-4-1-5-22-11(20-21-12(10)22)8-19-13(23)18-7-9-3-2-6-24-9/h1-6H,7-8H2,(H2,18,19,23). The number of nitrogens with zero attached hydrogens (tertiary/aromatic N) is 3. The maximum atomic E-state index is 12.9. The van der Waals surface area contributed by atoms with Gasteiger partial charge in [-0.3, -0.25) is 4.40 Å². The first-order chi connectivity index (χ1) is 11.4. The Balaban J connectivity index is 1.66. The number of thiophene rings is 1. The highest BCUT2D eigenvalue weighted by molar-refractivity contribution is 7.09. The molecule has 0 radical (unpaired) electrons. The number of carbonyl (C=O) groups is 1. The lowest BCUT2D eigenvalue weighted by Crippen LogP contribution is -2.34. The summed E-state index contributed by atoms with van der Waals surface area (Å²) in [5, 5.41) is 14.4. The molecular weight excluding hydrogens is 343 g/mol. The quantitative estimate of drug-likeness (QED) is 0.756. The fourth-order valence-corrected chi connectivity index (χ4v) is 2.75. The highest BCUT2D eigenvalue weighted by Gasteiger charge is 2.34. The molecule has 0 aliphatic heterocycles. The molecule has 0 bridgehead atoms. The molecule has 3 aromatic heterocycles. The maximum absolute atomic E-state index is 12.9. The van der Waals surface area contributed by atoms with Gasteiger partial charge in [-0.1, -0.05) is 6.07 Å². The van der Waals surface area contributed by atoms with Crippen LogP contribution in [0.25, 0.3) is 5.65 Å². The molecule has 2 amide bonds. The molecule has 0 spiro atoms. The van der Waals surface area contributed by atoms with Crippen LogP contribution in [-0.4, -0.2) is 20.6 Å². The molecule has 3 heterocycles. The van der Waals surface area contributed by atoms with Crippen LogP contribution in [0.2, 0.25) is 0 Å². The van der Waals surface area contributed by atoms with Crippen molar-refractivity contribution < 1.29 is 18.0 Å². The summed E-state index contributed by atoms with van der Waals surface area (Å²) >= 11 is 1.51. The van der Waals surface area contributed by atoms with E-state index in [2.05, 4.69) is 20.8 Å². The van der Waals surface area contributed by atoms with Crippen LogP contribution in [0, 0.1) is 0 Å². The molecule has 0 saturated carbocycles. The first kappa shape index (κ1) is 16.2. The lowest BCUT2D eigenvalue weighted by molar-refractivity contribution is -0.136. The number of aromatic nitrogens is 3. The van der Waals surface area contributed by atoms with Crippen LogP contribution >= 0.6 is 11.3 Å². The second-order valence-corrected chi connectivity index (χ2v) is 5.88. The predicted octanol–water partition coefficient (Wildman–Crippen LogP) is 2.81. The highest BCUT2D eigenvalue weighted by Crippen LogP contribution is 2.31. The first-order valence-electron chi connectivity index (χ1n) is 6.89. The van der Waals surface area contributed by atoms with E-state index in [1.807, 2.05) is 17.5 Å². The molecule has 0 unspecified atom stereocenters. The number of hydrogen-bond acceptors (Lipinski definition) is 4. The largest absolute Gasteiger partial charge is 0.420 e. The fraction of sp³-hybridized carbons (Fsp3) is 0.214. The molecule has 24 heavy (non-hydrogen) atoms. The molecular formula is C14H12F3N5OS. The molecule has 2 N–H and O–H groups in total. The summed E-state index contributed by atoms with van der Waals surface area (Å²) in [6.45, 7) is 0.334. The van der Waals surface area contributed by atoms with Crippen LogP contribution in [0.1, 0.15) is 16.3 Å². The van der Waals surface area contributed by atoms with Crippen molar-refractivity contribution in [3.05, 3.63) is 52.1 Å². The Labute approximate surface area is 138 Å². The van der Waals surface area contributed by atoms with E-state index in [0.29, 0.717) is 6.54 Å². The zero-order valence-corrected chi connectivity index (χ0v) is 13.0. The Morgan fingerprint density at radius 1 is 1.17 bits per heavy atom. The summed E-state index contributed by atoms with van der Waals surface area (Å²) in [4.78, 5) is 12.7. The van der Waals surface area contributed by atoms with Gasteiger partial charge in [-0.15, -0.1) is 21.5 Å². The molecule has 3 rings (SSSR count). The summed E-state index contributed by atoms with van der Waals surface area (Å²) in [5.74, 6) is 0.211. The van der Waals surface area contributed by atoms with E-state index in [1.54, 1.807) is 0 Å². The van der Waals surface area contributed by atoms with Crippen LogP contribution < -0.4 is 10.6 Å². The zero-order valence-electron chi connectivity index (χ0n) is 12.2. The Bertz CT molecular complexity index is 844. The molecule has 126 valence electrons. The second kappa shape index (κ2) is 6.48. The number of nitrogens with one attached hydrogen (secondary N) is 2. The third-order valence-corrected chi connectivity index (χ3v) is 4.10. The van der Waals surface area contributed by atoms with Crippen LogP contribution in [-0.2, 0) is 19.3 Å². The number of urea groups is 1. The van der Waals surface area contributed by atoms with Crippen molar-refractivity contribution in [1.82, 2.24) is 25.2 Å². The Morgan fingerprint density at radius 3 is 2.67 bits per heavy atom. The fourth-order valence-electron chi connectivity index (χ4n) is 2.11. The van der Waals surface area contributed by atoms with Crippen LogP contribution in [0.3, 0.4) is 0 Å². The number of carbonyl (C=O) groups excluding carboxylic acids is 1. The molecule has 6 nitrogen and oxygen atoms in total. The zero-order chi connectivity index (χ0) is 17.2. The molecule has 0 saturated heterocycles. The van der Waals surface area contributed by atoms with Crippen LogP contribution in [0.4, 0.5) is 18.0 Å². The van der Waals surface area contributed by atoms with Gasteiger partial charge in [-0.05, 0) is 23.6 Å². The van der Waals surface area contributed by atoms with E-state index >= 15 is 0 Å². The number of amides is 2. The van der Waals surface area contributed by atoms with E-state index in [1.165, 1.54) is 28.0 Å². The van der Waals surface area contributed by atoms with Crippen molar-refractivity contribution in [2.45, 2.75) is 19.3 Å². The lowest BCUT2D eigenvalue weighted by Gasteiger charge is -2.08. The summed E-state index contributed by atoms with van der Waals surface area (Å²) in [5.41, 5.74) is -1.16. The van der Waals surface area contributed by atoms with Gasteiger partial charge in [0.15, 0.2) is 11.5 Å². The van der Waals surface area contributed by atoms with Gasteiger partial charge in [0.25, 0.3) is 0 Å². The van der Waals surface area contributed by atoms with Crippen molar-refractivity contribution in [3.63, 3.8) is 0 Å². The Morgan fingerprint density at radius 2 is 1.96 bits per heavy atom. The van der Waals surface area contributed by atoms with Gasteiger partial charge < -0.3 is 10.6 Å². The molecule has 10 heteroatoms. The van der Waals surface area contributed by atoms with Crippen molar-refractivity contribution in [1.29, 1.82) is 0 Å². The summed E-state index contributed by atoms with van der Waals surface area (Å²) in [6, 6.07) is 5.52. The van der Waals surface area contributed by atoms with Crippen molar-refractivity contribution in [2.24, 2.45) is 0 Å². The van der Waals surface area contributed by atoms with Gasteiger partial charge in [-0.25, -0.2) is 4.79 Å². The monoisotopic (exact) mass is 355 g/mol. The number of pyridine rings is 1. The molecule has 0 atom stereocenters. The van der Waals surface area contributed by atoms with Crippen LogP contribution in [0.5, 0.6) is 0 Å². The normalized spacial score (nSPS) is 11.6. The SMILES string of the molecule is O=C(NCc1cccs1)NCc1nnc2c(C(F)(F)F)cccn12. The van der Waals surface area contributed by atoms with Crippen molar-refractivity contribution >= 4 is 23.0 Å². The van der Waals surface area contributed by atoms with Crippen LogP contribution in [0.15, 0.2) is 35.8 Å². The van der Waals surface area contributed by atoms with Gasteiger partial charge in [0, 0.05) is 11.1 Å². The van der Waals surface area contributed by atoms with Crippen molar-refractivity contribution in [2.75, 3.05) is 0 Å². The topological polar surface area (TPSA) is 71.3 Å². The molecule has 3 aromatic rings. The average molecular weight is 355 g/mol. The van der Waals surface area contributed by atoms with E-state index in [-0.39, 0.29) is 18.0 Å². The third-order valence-electron chi connectivity index (χ3n) is 3.22. The van der Waals surface area contributed by atoms with Gasteiger partial charge in [0.05, 0.1) is 13.1 Å². The minimum absolute atomic E-state index is 0.0429. The highest BCUT2D eigenvalue weighted by atomic mass is 32.1. The Hall–Kier alpha value is -2.62. The molecule has 0 aromatic carbocycles. The Kier molecular flexibility index (Phi) is 4.38. The molecule has 0 aliphatic carbocycles. The lowest BCUT2D eigenvalue weighted by atomic mass is 10.2. The minimum Gasteiger partial charge on any atom is -0.333 e. The summed E-state index contributed by atoms with van der Waals surface area (Å²) < 4.78 is 40.0.